The van der Waals surface area contributed by atoms with Gasteiger partial charge in [0.2, 0.25) is 5.91 Å². The molecule has 0 spiro atoms. The van der Waals surface area contributed by atoms with Crippen molar-refractivity contribution in [1.82, 2.24) is 5.32 Å². The molecule has 0 aromatic carbocycles. The van der Waals surface area contributed by atoms with Gasteiger partial charge in [0.05, 0.1) is 25.4 Å². The van der Waals surface area contributed by atoms with Crippen molar-refractivity contribution in [2.75, 3.05) is 13.2 Å². The number of carbonyl (C=O) groups is 2. The third kappa shape index (κ3) is 40.5. The maximum absolute atomic E-state index is 13.4. The Labute approximate surface area is 459 Å². The molecule has 438 valence electrons. The van der Waals surface area contributed by atoms with E-state index in [4.69, 9.17) is 14.2 Å². The molecule has 1 aliphatic rings. The predicted octanol–water partition coefficient (Wildman–Crippen LogP) is 14.8. The fourth-order valence-corrected chi connectivity index (χ4v) is 9.72. The molecule has 1 amide bonds. The van der Waals surface area contributed by atoms with Crippen molar-refractivity contribution in [3.05, 3.63) is 48.6 Å². The first kappa shape index (κ1) is 70.6. The molecule has 11 nitrogen and oxygen atoms in total. The van der Waals surface area contributed by atoms with Crippen molar-refractivity contribution in [2.24, 2.45) is 0 Å². The SMILES string of the molecule is CCCCC/C=C\C/C=C\C/C=C\CCCCCCCCC(=O)OC1C(OCC(NC(=O)C(O)CCCCCCCCCCCCCCCCCC)C(O)/C=C/CCCCCCCCCCC)OC(CO)C(O)C1O. The Balaban J connectivity index is 2.66. The number of ether oxygens (including phenoxy) is 3. The average Bonchev–Trinajstić information content (AvgIpc) is 3.41. The summed E-state index contributed by atoms with van der Waals surface area (Å²) in [6, 6.07) is -1.02. The molecule has 11 heteroatoms. The Morgan fingerprint density at radius 2 is 0.920 bits per heavy atom. The number of hydrogen-bond acceptors (Lipinski definition) is 10. The number of aliphatic hydroxyl groups excluding tert-OH is 5. The van der Waals surface area contributed by atoms with Crippen LogP contribution in [0.5, 0.6) is 0 Å². The lowest BCUT2D eigenvalue weighted by atomic mass is 9.99. The van der Waals surface area contributed by atoms with E-state index >= 15 is 0 Å². The van der Waals surface area contributed by atoms with E-state index < -0.39 is 67.4 Å². The largest absolute Gasteiger partial charge is 0.454 e. The maximum atomic E-state index is 13.4. The van der Waals surface area contributed by atoms with Gasteiger partial charge in [-0.15, -0.1) is 0 Å². The lowest BCUT2D eigenvalue weighted by molar-refractivity contribution is -0.305. The van der Waals surface area contributed by atoms with Crippen LogP contribution in [0, 0.1) is 0 Å². The normalized spacial score (nSPS) is 19.5. The summed E-state index contributed by atoms with van der Waals surface area (Å²) in [5.74, 6) is -1.20. The van der Waals surface area contributed by atoms with Crippen LogP contribution >= 0.6 is 0 Å². The number of carbonyl (C=O) groups excluding carboxylic acids is 2. The molecule has 0 aliphatic carbocycles. The molecule has 1 rings (SSSR count). The van der Waals surface area contributed by atoms with Crippen LogP contribution in [0.15, 0.2) is 48.6 Å². The number of unbranched alkanes of at least 4 members (excludes halogenated alkanes) is 33. The number of aliphatic hydroxyl groups is 5. The first-order chi connectivity index (χ1) is 36.7. The second-order valence-electron chi connectivity index (χ2n) is 21.8. The second-order valence-corrected chi connectivity index (χ2v) is 21.8. The van der Waals surface area contributed by atoms with Crippen LogP contribution in [-0.2, 0) is 23.8 Å². The van der Waals surface area contributed by atoms with Crippen LogP contribution in [-0.4, -0.2) is 99.6 Å². The Morgan fingerprint density at radius 3 is 1.40 bits per heavy atom. The summed E-state index contributed by atoms with van der Waals surface area (Å²) >= 11 is 0. The number of allylic oxidation sites excluding steroid dienone is 7. The molecular formula is C64H117NO10. The van der Waals surface area contributed by atoms with Crippen molar-refractivity contribution in [3.63, 3.8) is 0 Å². The summed E-state index contributed by atoms with van der Waals surface area (Å²) in [6.07, 6.45) is 52.9. The average molecular weight is 1060 g/mol. The molecule has 8 atom stereocenters. The Bertz CT molecular complexity index is 1400. The van der Waals surface area contributed by atoms with Gasteiger partial charge in [0, 0.05) is 6.42 Å². The van der Waals surface area contributed by atoms with E-state index in [0.717, 1.165) is 89.9 Å². The zero-order chi connectivity index (χ0) is 54.7. The lowest BCUT2D eigenvalue weighted by Gasteiger charge is -2.41. The first-order valence-corrected chi connectivity index (χ1v) is 31.4. The van der Waals surface area contributed by atoms with Crippen molar-refractivity contribution in [3.8, 4) is 0 Å². The van der Waals surface area contributed by atoms with Crippen LogP contribution in [0.2, 0.25) is 0 Å². The van der Waals surface area contributed by atoms with E-state index in [1.165, 1.54) is 148 Å². The summed E-state index contributed by atoms with van der Waals surface area (Å²) in [5.41, 5.74) is 0. The first-order valence-electron chi connectivity index (χ1n) is 31.4. The monoisotopic (exact) mass is 1060 g/mol. The molecular weight excluding hydrogens is 943 g/mol. The summed E-state index contributed by atoms with van der Waals surface area (Å²) < 4.78 is 17.6. The van der Waals surface area contributed by atoms with E-state index in [0.29, 0.717) is 19.3 Å². The second kappa shape index (κ2) is 52.3. The van der Waals surface area contributed by atoms with Gasteiger partial charge in [-0.2, -0.15) is 0 Å². The van der Waals surface area contributed by atoms with E-state index in [2.05, 4.69) is 62.5 Å². The number of esters is 1. The summed E-state index contributed by atoms with van der Waals surface area (Å²) in [6.45, 7) is 5.76. The van der Waals surface area contributed by atoms with Crippen molar-refractivity contribution in [2.45, 2.75) is 333 Å². The van der Waals surface area contributed by atoms with Crippen molar-refractivity contribution < 1.29 is 49.3 Å². The number of nitrogens with one attached hydrogen (secondary N) is 1. The minimum atomic E-state index is -1.62. The van der Waals surface area contributed by atoms with Gasteiger partial charge < -0.3 is 45.1 Å². The quantitative estimate of drug-likeness (QED) is 0.0195. The van der Waals surface area contributed by atoms with E-state index in [1.54, 1.807) is 6.08 Å². The van der Waals surface area contributed by atoms with Gasteiger partial charge in [-0.3, -0.25) is 9.59 Å². The molecule has 8 unspecified atom stereocenters. The van der Waals surface area contributed by atoms with Crippen LogP contribution in [0.1, 0.15) is 284 Å². The summed E-state index contributed by atoms with van der Waals surface area (Å²) in [5, 5.41) is 57.0. The number of amides is 1. The van der Waals surface area contributed by atoms with Crippen molar-refractivity contribution in [1.29, 1.82) is 0 Å². The van der Waals surface area contributed by atoms with Crippen LogP contribution in [0.3, 0.4) is 0 Å². The highest BCUT2D eigenvalue weighted by Crippen LogP contribution is 2.26. The Hall–Kier alpha value is -2.38. The van der Waals surface area contributed by atoms with E-state index in [1.807, 2.05) is 6.08 Å². The minimum absolute atomic E-state index is 0.110. The van der Waals surface area contributed by atoms with E-state index in [-0.39, 0.29) is 13.0 Å². The zero-order valence-electron chi connectivity index (χ0n) is 48.4. The molecule has 1 heterocycles. The summed E-state index contributed by atoms with van der Waals surface area (Å²) in [7, 11) is 0. The molecule has 1 aliphatic heterocycles. The molecule has 0 aromatic rings. The van der Waals surface area contributed by atoms with Gasteiger partial charge in [-0.05, 0) is 64.2 Å². The predicted molar refractivity (Wildman–Crippen MR) is 310 cm³/mol. The maximum Gasteiger partial charge on any atom is 0.306 e. The highest BCUT2D eigenvalue weighted by Gasteiger charge is 2.47. The highest BCUT2D eigenvalue weighted by atomic mass is 16.7. The molecule has 0 saturated carbocycles. The lowest BCUT2D eigenvalue weighted by Crippen LogP contribution is -2.61. The minimum Gasteiger partial charge on any atom is -0.454 e. The van der Waals surface area contributed by atoms with Crippen LogP contribution in [0.4, 0.5) is 0 Å². The van der Waals surface area contributed by atoms with Crippen LogP contribution in [0.25, 0.3) is 0 Å². The molecule has 1 saturated heterocycles. The highest BCUT2D eigenvalue weighted by molar-refractivity contribution is 5.80. The topological polar surface area (TPSA) is 175 Å². The Kier molecular flexibility index (Phi) is 49.3. The fraction of sp³-hybridized carbons (Fsp3) is 0.844. The fourth-order valence-electron chi connectivity index (χ4n) is 9.72. The van der Waals surface area contributed by atoms with Crippen LogP contribution < -0.4 is 5.32 Å². The number of rotatable bonds is 53. The molecule has 0 bridgehead atoms. The van der Waals surface area contributed by atoms with Crippen molar-refractivity contribution >= 4 is 11.9 Å². The van der Waals surface area contributed by atoms with E-state index in [9.17, 15) is 35.1 Å². The standard InChI is InChI=1S/C64H117NO10/c1-4-7-10-13-16-19-22-24-26-28-29-30-32-34-37-40-43-46-49-52-59(69)75-62-61(71)60(70)58(53-66)74-64(62)73-54-55(56(67)50-47-44-41-38-35-21-18-15-12-9-6-3)65-63(72)57(68)51-48-45-42-39-36-33-31-27-25-23-20-17-14-11-8-5-2/h16,19,24,26,29-30,47,50,55-58,60-62,64,66-68,70-71H,4-15,17-18,20-23,25,27-28,31-46,48-49,51-54H2,1-3H3,(H,65,72)/b19-16-,26-24-,30-29-,50-47+. The third-order valence-electron chi connectivity index (χ3n) is 14.7. The number of hydrogen-bond donors (Lipinski definition) is 6. The van der Waals surface area contributed by atoms with Gasteiger partial charge >= 0.3 is 5.97 Å². The smallest absolute Gasteiger partial charge is 0.306 e. The van der Waals surface area contributed by atoms with Gasteiger partial charge in [-0.1, -0.05) is 262 Å². The molecule has 0 aromatic heterocycles. The van der Waals surface area contributed by atoms with Gasteiger partial charge in [0.15, 0.2) is 12.4 Å². The van der Waals surface area contributed by atoms with Gasteiger partial charge in [0.1, 0.15) is 24.4 Å². The summed E-state index contributed by atoms with van der Waals surface area (Å²) in [4.78, 5) is 26.5. The zero-order valence-corrected chi connectivity index (χ0v) is 48.4. The third-order valence-corrected chi connectivity index (χ3v) is 14.7. The molecule has 75 heavy (non-hydrogen) atoms. The van der Waals surface area contributed by atoms with Gasteiger partial charge in [-0.25, -0.2) is 0 Å². The molecule has 0 radical (unpaired) electrons. The van der Waals surface area contributed by atoms with Gasteiger partial charge in [0.25, 0.3) is 0 Å². The molecule has 1 fully saturated rings. The molecule has 6 N–H and O–H groups in total. The Morgan fingerprint density at radius 1 is 0.520 bits per heavy atom.